The number of hydrogen-bond donors (Lipinski definition) is 1. The normalized spacial score (nSPS) is 17.5. The smallest absolute Gasteiger partial charge is 0.254 e. The summed E-state index contributed by atoms with van der Waals surface area (Å²) in [6.45, 7) is 0.901. The molecule has 1 heterocycles. The molecule has 1 aliphatic rings. The van der Waals surface area contributed by atoms with E-state index in [1.807, 2.05) is 18.2 Å². The number of nitrogens with one attached hydrogen (secondary N) is 1. The molecule has 1 saturated heterocycles. The van der Waals surface area contributed by atoms with Crippen LogP contribution in [-0.4, -0.2) is 50.1 Å². The zero-order chi connectivity index (χ0) is 24.9. The Morgan fingerprint density at radius 3 is 2.43 bits per heavy atom. The molecule has 2 atom stereocenters. The number of amides is 2. The summed E-state index contributed by atoms with van der Waals surface area (Å²) >= 11 is 12.5. The van der Waals surface area contributed by atoms with Gasteiger partial charge in [-0.2, -0.15) is 0 Å². The predicted molar refractivity (Wildman–Crippen MR) is 137 cm³/mol. The molecule has 1 fully saturated rings. The maximum Gasteiger partial charge on any atom is 0.254 e. The van der Waals surface area contributed by atoms with Crippen LogP contribution in [0.2, 0.25) is 10.0 Å². The first-order valence-corrected chi connectivity index (χ1v) is 12.0. The Morgan fingerprint density at radius 1 is 0.943 bits per heavy atom. The van der Waals surface area contributed by atoms with Gasteiger partial charge in [-0.15, -0.1) is 0 Å². The van der Waals surface area contributed by atoms with Gasteiger partial charge in [0.2, 0.25) is 0 Å². The summed E-state index contributed by atoms with van der Waals surface area (Å²) in [7, 11) is 3.09. The van der Waals surface area contributed by atoms with Crippen LogP contribution in [0.4, 0.5) is 0 Å². The van der Waals surface area contributed by atoms with Crippen molar-refractivity contribution in [3.63, 3.8) is 0 Å². The number of methoxy groups -OCH3 is 2. The maximum absolute atomic E-state index is 13.4. The molecule has 3 aromatic rings. The van der Waals surface area contributed by atoms with Crippen molar-refractivity contribution in [1.82, 2.24) is 10.2 Å². The number of halogens is 2. The summed E-state index contributed by atoms with van der Waals surface area (Å²) in [5.41, 5.74) is 1.88. The fourth-order valence-corrected chi connectivity index (χ4v) is 4.85. The maximum atomic E-state index is 13.4. The zero-order valence-electron chi connectivity index (χ0n) is 19.5. The largest absolute Gasteiger partial charge is 0.493 e. The van der Waals surface area contributed by atoms with E-state index in [9.17, 15) is 9.59 Å². The first kappa shape index (κ1) is 24.9. The molecule has 0 aromatic heterocycles. The second-order valence-electron chi connectivity index (χ2n) is 8.33. The van der Waals surface area contributed by atoms with Gasteiger partial charge in [-0.1, -0.05) is 47.5 Å². The molecule has 2 unspecified atom stereocenters. The molecule has 1 N–H and O–H groups in total. The Hall–Kier alpha value is -3.22. The summed E-state index contributed by atoms with van der Waals surface area (Å²) < 4.78 is 10.6. The van der Waals surface area contributed by atoms with E-state index in [0.717, 1.165) is 5.56 Å². The van der Waals surface area contributed by atoms with E-state index in [0.29, 0.717) is 52.2 Å². The number of rotatable bonds is 6. The lowest BCUT2D eigenvalue weighted by atomic mass is 9.85. The topological polar surface area (TPSA) is 67.9 Å². The standard InChI is InChI=1S/C27H26Cl2N2O4/c1-34-24-11-10-18(15-25(24)35-2)27(33)31-13-12-23(21(16-31)17-6-5-7-19(28)14-17)30-26(32)20-8-3-4-9-22(20)29/h3-11,14-15,21,23H,12-13,16H2,1-2H3,(H,30,32). The van der Waals surface area contributed by atoms with Crippen molar-refractivity contribution in [1.29, 1.82) is 0 Å². The van der Waals surface area contributed by atoms with Crippen LogP contribution in [0.3, 0.4) is 0 Å². The Balaban J connectivity index is 1.59. The molecule has 1 aliphatic heterocycles. The summed E-state index contributed by atoms with van der Waals surface area (Å²) in [5.74, 6) is 0.535. The van der Waals surface area contributed by atoms with Gasteiger partial charge < -0.3 is 19.7 Å². The third-order valence-electron chi connectivity index (χ3n) is 6.24. The number of hydrogen-bond acceptors (Lipinski definition) is 4. The van der Waals surface area contributed by atoms with Crippen LogP contribution in [0.1, 0.15) is 38.6 Å². The number of likely N-dealkylation sites (tertiary alicyclic amines) is 1. The van der Waals surface area contributed by atoms with Crippen LogP contribution < -0.4 is 14.8 Å². The molecule has 0 bridgehead atoms. The molecule has 6 nitrogen and oxygen atoms in total. The molecular formula is C27H26Cl2N2O4. The van der Waals surface area contributed by atoms with Crippen LogP contribution in [-0.2, 0) is 0 Å². The second kappa shape index (κ2) is 11.0. The lowest BCUT2D eigenvalue weighted by molar-refractivity contribution is 0.0671. The Morgan fingerprint density at radius 2 is 1.71 bits per heavy atom. The highest BCUT2D eigenvalue weighted by molar-refractivity contribution is 6.33. The van der Waals surface area contributed by atoms with Crippen LogP contribution >= 0.6 is 23.2 Å². The molecule has 4 rings (SSSR count). The average Bonchev–Trinajstić information content (AvgIpc) is 2.88. The van der Waals surface area contributed by atoms with E-state index in [2.05, 4.69) is 5.32 Å². The number of ether oxygens (including phenoxy) is 2. The van der Waals surface area contributed by atoms with E-state index in [1.165, 1.54) is 7.11 Å². The average molecular weight is 513 g/mol. The van der Waals surface area contributed by atoms with Crippen molar-refractivity contribution in [2.75, 3.05) is 27.3 Å². The van der Waals surface area contributed by atoms with Crippen molar-refractivity contribution < 1.29 is 19.1 Å². The summed E-state index contributed by atoms with van der Waals surface area (Å²) in [6.07, 6.45) is 0.576. The van der Waals surface area contributed by atoms with Gasteiger partial charge in [0.25, 0.3) is 11.8 Å². The minimum atomic E-state index is -0.243. The molecule has 8 heteroatoms. The number of benzene rings is 3. The number of piperidine rings is 1. The molecule has 0 aliphatic carbocycles. The quantitative estimate of drug-likeness (QED) is 0.477. The number of nitrogens with zero attached hydrogens (tertiary/aromatic N) is 1. The van der Waals surface area contributed by atoms with Crippen LogP contribution in [0, 0.1) is 0 Å². The minimum Gasteiger partial charge on any atom is -0.493 e. The van der Waals surface area contributed by atoms with Crippen LogP contribution in [0.25, 0.3) is 0 Å². The van der Waals surface area contributed by atoms with E-state index in [1.54, 1.807) is 60.5 Å². The molecule has 0 spiro atoms. The number of carbonyl (C=O) groups excluding carboxylic acids is 2. The van der Waals surface area contributed by atoms with Crippen molar-refractivity contribution in [3.8, 4) is 11.5 Å². The fraction of sp³-hybridized carbons (Fsp3) is 0.259. The van der Waals surface area contributed by atoms with Crippen molar-refractivity contribution >= 4 is 35.0 Å². The van der Waals surface area contributed by atoms with Gasteiger partial charge in [-0.25, -0.2) is 0 Å². The first-order chi connectivity index (χ1) is 16.9. The van der Waals surface area contributed by atoms with E-state index >= 15 is 0 Å². The lowest BCUT2D eigenvalue weighted by Crippen LogP contribution is -2.51. The molecular weight excluding hydrogens is 487 g/mol. The molecule has 0 radical (unpaired) electrons. The van der Waals surface area contributed by atoms with Crippen LogP contribution in [0.5, 0.6) is 11.5 Å². The Labute approximate surface area is 214 Å². The van der Waals surface area contributed by atoms with Crippen LogP contribution in [0.15, 0.2) is 66.7 Å². The van der Waals surface area contributed by atoms with Gasteiger partial charge in [0.1, 0.15) is 0 Å². The Bertz CT molecular complexity index is 1230. The van der Waals surface area contributed by atoms with Gasteiger partial charge in [0, 0.05) is 35.6 Å². The van der Waals surface area contributed by atoms with Crippen molar-refractivity contribution in [2.24, 2.45) is 0 Å². The number of carbonyl (C=O) groups is 2. The fourth-order valence-electron chi connectivity index (χ4n) is 4.43. The lowest BCUT2D eigenvalue weighted by Gasteiger charge is -2.39. The molecule has 3 aromatic carbocycles. The second-order valence-corrected chi connectivity index (χ2v) is 9.17. The van der Waals surface area contributed by atoms with E-state index in [4.69, 9.17) is 32.7 Å². The predicted octanol–water partition coefficient (Wildman–Crippen LogP) is 5.44. The van der Waals surface area contributed by atoms with Gasteiger partial charge in [-0.05, 0) is 54.4 Å². The third kappa shape index (κ3) is 5.55. The highest BCUT2D eigenvalue weighted by Crippen LogP contribution is 2.32. The van der Waals surface area contributed by atoms with Gasteiger partial charge in [0.15, 0.2) is 11.5 Å². The third-order valence-corrected chi connectivity index (χ3v) is 6.81. The molecule has 2 amide bonds. The highest BCUT2D eigenvalue weighted by Gasteiger charge is 2.34. The SMILES string of the molecule is COc1ccc(C(=O)N2CCC(NC(=O)c3ccccc3Cl)C(c3cccc(Cl)c3)C2)cc1OC. The van der Waals surface area contributed by atoms with Crippen molar-refractivity contribution in [3.05, 3.63) is 93.5 Å². The van der Waals surface area contributed by atoms with E-state index < -0.39 is 0 Å². The van der Waals surface area contributed by atoms with E-state index in [-0.39, 0.29) is 23.8 Å². The monoisotopic (exact) mass is 512 g/mol. The molecule has 182 valence electrons. The van der Waals surface area contributed by atoms with Crippen molar-refractivity contribution in [2.45, 2.75) is 18.4 Å². The van der Waals surface area contributed by atoms with Gasteiger partial charge in [-0.3, -0.25) is 9.59 Å². The minimum absolute atomic E-state index is 0.117. The molecule has 35 heavy (non-hydrogen) atoms. The highest BCUT2D eigenvalue weighted by atomic mass is 35.5. The first-order valence-electron chi connectivity index (χ1n) is 11.2. The summed E-state index contributed by atoms with van der Waals surface area (Å²) in [6, 6.07) is 19.4. The van der Waals surface area contributed by atoms with Gasteiger partial charge >= 0.3 is 0 Å². The molecule has 0 saturated carbocycles. The summed E-state index contributed by atoms with van der Waals surface area (Å²) in [4.78, 5) is 28.2. The van der Waals surface area contributed by atoms with Gasteiger partial charge in [0.05, 0.1) is 24.8 Å². The Kier molecular flexibility index (Phi) is 7.83. The zero-order valence-corrected chi connectivity index (χ0v) is 21.0. The summed E-state index contributed by atoms with van der Waals surface area (Å²) in [5, 5.41) is 4.13.